The summed E-state index contributed by atoms with van der Waals surface area (Å²) in [5.41, 5.74) is 1.04. The van der Waals surface area contributed by atoms with E-state index in [1.54, 1.807) is 11.8 Å². The Morgan fingerprint density at radius 3 is 2.13 bits per heavy atom. The Labute approximate surface area is 150 Å². The van der Waals surface area contributed by atoms with Gasteiger partial charge in [-0.25, -0.2) is 4.99 Å². The molecule has 0 N–H and O–H groups in total. The Morgan fingerprint density at radius 2 is 1.57 bits per heavy atom. The Hall–Kier alpha value is -0.973. The number of para-hydroxylation sites is 1. The van der Waals surface area contributed by atoms with E-state index in [4.69, 9.17) is 4.99 Å². The van der Waals surface area contributed by atoms with Gasteiger partial charge in [-0.2, -0.15) is 0 Å². The van der Waals surface area contributed by atoms with E-state index in [-0.39, 0.29) is 0 Å². The summed E-state index contributed by atoms with van der Waals surface area (Å²) >= 11 is 3.65. The van der Waals surface area contributed by atoms with Crippen LogP contribution in [0.2, 0.25) is 19.1 Å². The lowest BCUT2D eigenvalue weighted by atomic mass is 10.3. The number of nitrogens with zero attached hydrogens (tertiary/aromatic N) is 1. The van der Waals surface area contributed by atoms with Gasteiger partial charge in [0, 0.05) is 5.25 Å². The first kappa shape index (κ1) is 18.4. The Bertz CT molecular complexity index is 626. The summed E-state index contributed by atoms with van der Waals surface area (Å²) in [6.07, 6.45) is 2.11. The van der Waals surface area contributed by atoms with Crippen molar-refractivity contribution in [3.05, 3.63) is 60.7 Å². The van der Waals surface area contributed by atoms with Crippen molar-refractivity contribution in [1.29, 1.82) is 0 Å². The molecule has 0 aliphatic carbocycles. The van der Waals surface area contributed by atoms with Crippen LogP contribution in [0.4, 0.5) is 5.69 Å². The zero-order valence-electron chi connectivity index (χ0n) is 14.3. The lowest BCUT2D eigenvalue weighted by Crippen LogP contribution is -2.43. The Balaban J connectivity index is 2.03. The summed E-state index contributed by atoms with van der Waals surface area (Å²) in [6.45, 7) is 7.26. The standard InChI is InChI=1S/C19H25NS2Si/c1-16(15-23(3,4)18-13-9-6-10-14-18)22-19(21-2)20-17-11-7-5-8-12-17/h5-14,16H,15H2,1-4H3. The van der Waals surface area contributed by atoms with Crippen LogP contribution in [0.25, 0.3) is 0 Å². The summed E-state index contributed by atoms with van der Waals surface area (Å²) in [7, 11) is -1.40. The van der Waals surface area contributed by atoms with Gasteiger partial charge in [0.15, 0.2) is 0 Å². The lowest BCUT2D eigenvalue weighted by molar-refractivity contribution is 1.08. The van der Waals surface area contributed by atoms with E-state index in [1.807, 2.05) is 30.0 Å². The van der Waals surface area contributed by atoms with Crippen LogP contribution < -0.4 is 5.19 Å². The molecule has 0 saturated heterocycles. The molecule has 0 aliphatic rings. The second-order valence-corrected chi connectivity index (χ2v) is 13.5. The first-order valence-electron chi connectivity index (χ1n) is 7.91. The summed E-state index contributed by atoms with van der Waals surface area (Å²) in [5.74, 6) is 0. The number of thioether (sulfide) groups is 2. The first-order valence-corrected chi connectivity index (χ1v) is 13.2. The number of rotatable bonds is 5. The van der Waals surface area contributed by atoms with Crippen molar-refractivity contribution in [2.24, 2.45) is 4.99 Å². The average molecular weight is 360 g/mol. The van der Waals surface area contributed by atoms with Crippen LogP contribution in [0.15, 0.2) is 65.7 Å². The monoisotopic (exact) mass is 359 g/mol. The van der Waals surface area contributed by atoms with Gasteiger partial charge in [0.25, 0.3) is 0 Å². The van der Waals surface area contributed by atoms with E-state index >= 15 is 0 Å². The number of hydrogen-bond donors (Lipinski definition) is 0. The molecule has 2 aromatic rings. The molecule has 1 nitrogen and oxygen atoms in total. The molecule has 0 aliphatic heterocycles. The van der Waals surface area contributed by atoms with Crippen LogP contribution in [0.1, 0.15) is 6.92 Å². The topological polar surface area (TPSA) is 12.4 Å². The van der Waals surface area contributed by atoms with Gasteiger partial charge in [0.1, 0.15) is 4.38 Å². The second kappa shape index (κ2) is 8.76. The molecule has 0 fully saturated rings. The number of aliphatic imine (C=N–C) groups is 1. The van der Waals surface area contributed by atoms with Crippen LogP contribution in [0, 0.1) is 0 Å². The van der Waals surface area contributed by atoms with Crippen LogP contribution >= 0.6 is 23.5 Å². The normalized spacial score (nSPS) is 13.8. The molecule has 0 spiro atoms. The maximum Gasteiger partial charge on any atom is 0.130 e. The molecule has 0 heterocycles. The highest BCUT2D eigenvalue weighted by Gasteiger charge is 2.26. The summed E-state index contributed by atoms with van der Waals surface area (Å²) in [4.78, 5) is 4.78. The maximum atomic E-state index is 4.78. The zero-order chi connectivity index (χ0) is 16.7. The smallest absolute Gasteiger partial charge is 0.130 e. The molecule has 1 atom stereocenters. The highest BCUT2D eigenvalue weighted by Crippen LogP contribution is 2.29. The minimum atomic E-state index is -1.40. The molecule has 0 radical (unpaired) electrons. The van der Waals surface area contributed by atoms with Gasteiger partial charge in [0.05, 0.1) is 13.8 Å². The summed E-state index contributed by atoms with van der Waals surface area (Å²) in [6, 6.07) is 22.5. The van der Waals surface area contributed by atoms with E-state index in [1.165, 1.54) is 11.2 Å². The van der Waals surface area contributed by atoms with Crippen LogP contribution in [-0.2, 0) is 0 Å². The number of hydrogen-bond acceptors (Lipinski definition) is 3. The molecule has 0 amide bonds. The van der Waals surface area contributed by atoms with Crippen molar-refractivity contribution < 1.29 is 0 Å². The quantitative estimate of drug-likeness (QED) is 0.381. The Kier molecular flexibility index (Phi) is 7.00. The lowest BCUT2D eigenvalue weighted by Gasteiger charge is -2.26. The van der Waals surface area contributed by atoms with Gasteiger partial charge in [-0.05, 0) is 24.4 Å². The fourth-order valence-corrected chi connectivity index (χ4v) is 8.60. The predicted molar refractivity (Wildman–Crippen MR) is 112 cm³/mol. The predicted octanol–water partition coefficient (Wildman–Crippen LogP) is 5.77. The van der Waals surface area contributed by atoms with Crippen molar-refractivity contribution in [2.75, 3.05) is 6.26 Å². The average Bonchev–Trinajstić information content (AvgIpc) is 2.55. The van der Waals surface area contributed by atoms with E-state index in [0.29, 0.717) is 5.25 Å². The minimum absolute atomic E-state index is 0.576. The summed E-state index contributed by atoms with van der Waals surface area (Å²) in [5, 5.41) is 2.12. The molecule has 0 aromatic heterocycles. The van der Waals surface area contributed by atoms with Gasteiger partial charge in [-0.3, -0.25) is 0 Å². The molecular weight excluding hydrogens is 334 g/mol. The third-order valence-electron chi connectivity index (χ3n) is 3.81. The maximum absolute atomic E-state index is 4.78. The molecule has 2 aromatic carbocycles. The van der Waals surface area contributed by atoms with Gasteiger partial charge < -0.3 is 0 Å². The van der Waals surface area contributed by atoms with Crippen molar-refractivity contribution in [1.82, 2.24) is 0 Å². The largest absolute Gasteiger partial charge is 0.235 e. The number of benzene rings is 2. The van der Waals surface area contributed by atoms with Gasteiger partial charge in [0.2, 0.25) is 0 Å². The fourth-order valence-electron chi connectivity index (χ4n) is 2.67. The fraction of sp³-hybridized carbons (Fsp3) is 0.316. The molecule has 1 unspecified atom stereocenters. The molecular formula is C19H25NS2Si. The molecule has 0 saturated carbocycles. The molecule has 4 heteroatoms. The molecule has 0 bridgehead atoms. The molecule has 2 rings (SSSR count). The first-order chi connectivity index (χ1) is 11.0. The third-order valence-corrected chi connectivity index (χ3v) is 9.72. The highest BCUT2D eigenvalue weighted by molar-refractivity contribution is 8.38. The van der Waals surface area contributed by atoms with Crippen LogP contribution in [0.3, 0.4) is 0 Å². The van der Waals surface area contributed by atoms with Crippen molar-refractivity contribution in [3.63, 3.8) is 0 Å². The Morgan fingerprint density at radius 1 is 1.00 bits per heavy atom. The SMILES string of the molecule is CSC(=Nc1ccccc1)SC(C)C[Si](C)(C)c1ccccc1. The van der Waals surface area contributed by atoms with E-state index in [9.17, 15) is 0 Å². The van der Waals surface area contributed by atoms with Crippen molar-refractivity contribution >= 4 is 46.8 Å². The van der Waals surface area contributed by atoms with E-state index in [0.717, 1.165) is 10.1 Å². The van der Waals surface area contributed by atoms with Crippen molar-refractivity contribution in [3.8, 4) is 0 Å². The van der Waals surface area contributed by atoms with E-state index < -0.39 is 8.07 Å². The van der Waals surface area contributed by atoms with E-state index in [2.05, 4.69) is 68.7 Å². The van der Waals surface area contributed by atoms with Crippen LogP contribution in [-0.4, -0.2) is 24.0 Å². The van der Waals surface area contributed by atoms with Gasteiger partial charge in [-0.1, -0.05) is 85.5 Å². The van der Waals surface area contributed by atoms with Crippen LogP contribution in [0.5, 0.6) is 0 Å². The molecule has 23 heavy (non-hydrogen) atoms. The third kappa shape index (κ3) is 5.86. The minimum Gasteiger partial charge on any atom is -0.235 e. The van der Waals surface area contributed by atoms with Gasteiger partial charge in [-0.15, -0.1) is 11.8 Å². The summed E-state index contributed by atoms with van der Waals surface area (Å²) < 4.78 is 1.15. The van der Waals surface area contributed by atoms with Gasteiger partial charge >= 0.3 is 0 Å². The second-order valence-electron chi connectivity index (χ2n) is 6.30. The zero-order valence-corrected chi connectivity index (χ0v) is 17.0. The highest BCUT2D eigenvalue weighted by atomic mass is 32.2. The van der Waals surface area contributed by atoms with Crippen molar-refractivity contribution in [2.45, 2.75) is 31.3 Å². The molecule has 122 valence electrons.